The van der Waals surface area contributed by atoms with Crippen LogP contribution in [0.15, 0.2) is 18.5 Å². The van der Waals surface area contributed by atoms with E-state index in [9.17, 15) is 20.3 Å². The van der Waals surface area contributed by atoms with Crippen molar-refractivity contribution in [3.05, 3.63) is 24.2 Å². The minimum absolute atomic E-state index is 0.168. The maximum Gasteiger partial charge on any atom is 0.332 e. The summed E-state index contributed by atoms with van der Waals surface area (Å²) >= 11 is 0. The summed E-state index contributed by atoms with van der Waals surface area (Å²) in [4.78, 5) is 15.3. The van der Waals surface area contributed by atoms with Crippen LogP contribution in [0, 0.1) is 11.3 Å². The molecule has 0 spiro atoms. The fraction of sp³-hybridized carbons (Fsp3) is 0.467. The van der Waals surface area contributed by atoms with Crippen molar-refractivity contribution < 1.29 is 29.2 Å². The lowest BCUT2D eigenvalue weighted by atomic mass is 9.92. The van der Waals surface area contributed by atoms with Crippen molar-refractivity contribution in [1.82, 2.24) is 14.6 Å². The Morgan fingerprint density at radius 3 is 3.00 bits per heavy atom. The standard InChI is InChI=1S/C15H17N5O6/c1-24-5-11(21)25-4-9-12(22)13(23)15(6-16,26-9)10-3-2-8-14(17)18-7-19-20(8)10/h2-3,7,9,12-13,22-23H,4-5H2,1H3,(H2,17,18,19)/t9-,12-,13-,15+/m1/s1. The molecular formula is C15H17N5O6. The number of aliphatic hydroxyl groups is 2. The van der Waals surface area contributed by atoms with E-state index in [0.29, 0.717) is 5.52 Å². The van der Waals surface area contributed by atoms with E-state index < -0.39 is 29.9 Å². The summed E-state index contributed by atoms with van der Waals surface area (Å²) in [5.41, 5.74) is 4.43. The van der Waals surface area contributed by atoms with Gasteiger partial charge in [0.05, 0.1) is 5.69 Å². The van der Waals surface area contributed by atoms with E-state index in [1.807, 2.05) is 6.07 Å². The molecule has 26 heavy (non-hydrogen) atoms. The Balaban J connectivity index is 1.92. The zero-order valence-electron chi connectivity index (χ0n) is 13.8. The predicted octanol–water partition coefficient (Wildman–Crippen LogP) is -1.66. The Kier molecular flexibility index (Phi) is 4.75. The van der Waals surface area contributed by atoms with Crippen LogP contribution in [0.3, 0.4) is 0 Å². The van der Waals surface area contributed by atoms with Crippen molar-refractivity contribution in [2.45, 2.75) is 23.9 Å². The third kappa shape index (κ3) is 2.74. The number of fused-ring (bicyclic) bond motifs is 1. The van der Waals surface area contributed by atoms with Gasteiger partial charge < -0.3 is 30.2 Å². The first-order chi connectivity index (χ1) is 12.4. The number of ether oxygens (including phenoxy) is 3. The number of nitriles is 1. The number of hydrogen-bond acceptors (Lipinski definition) is 10. The van der Waals surface area contributed by atoms with Crippen molar-refractivity contribution in [3.63, 3.8) is 0 Å². The maximum absolute atomic E-state index is 11.4. The molecule has 1 aliphatic rings. The Bertz CT molecular complexity index is 864. The molecular weight excluding hydrogens is 346 g/mol. The van der Waals surface area contributed by atoms with E-state index in [2.05, 4.69) is 14.8 Å². The third-order valence-electron chi connectivity index (χ3n) is 4.16. The molecule has 11 heteroatoms. The lowest BCUT2D eigenvalue weighted by Gasteiger charge is -2.24. The minimum Gasteiger partial charge on any atom is -0.461 e. The molecule has 0 aromatic carbocycles. The normalized spacial score (nSPS) is 28.2. The van der Waals surface area contributed by atoms with E-state index in [1.54, 1.807) is 6.07 Å². The summed E-state index contributed by atoms with van der Waals surface area (Å²) in [6.07, 6.45) is -2.99. The number of rotatable bonds is 5. The van der Waals surface area contributed by atoms with Crippen LogP contribution in [0.1, 0.15) is 5.69 Å². The first-order valence-corrected chi connectivity index (χ1v) is 7.63. The second-order valence-electron chi connectivity index (χ2n) is 5.72. The molecule has 1 fully saturated rings. The van der Waals surface area contributed by atoms with Gasteiger partial charge in [-0.3, -0.25) is 0 Å². The van der Waals surface area contributed by atoms with Crippen molar-refractivity contribution in [3.8, 4) is 6.07 Å². The van der Waals surface area contributed by atoms with Gasteiger partial charge in [-0.2, -0.15) is 10.4 Å². The number of carbonyl (C=O) groups excluding carboxylic acids is 1. The van der Waals surface area contributed by atoms with E-state index in [4.69, 9.17) is 15.2 Å². The molecule has 4 N–H and O–H groups in total. The first-order valence-electron chi connectivity index (χ1n) is 7.63. The average Bonchev–Trinajstić information content (AvgIpc) is 3.16. The lowest BCUT2D eigenvalue weighted by molar-refractivity contribution is -0.154. The quantitative estimate of drug-likeness (QED) is 0.523. The number of aromatic nitrogens is 3. The minimum atomic E-state index is -1.93. The monoisotopic (exact) mass is 363 g/mol. The second-order valence-corrected chi connectivity index (χ2v) is 5.72. The SMILES string of the molecule is COCC(=O)OC[C@H]1O[C@@](C#N)(c2ccc3c(N)ncnn23)[C@H](O)[C@@H]1O. The van der Waals surface area contributed by atoms with Gasteiger partial charge in [-0.05, 0) is 12.1 Å². The average molecular weight is 363 g/mol. The molecule has 0 radical (unpaired) electrons. The van der Waals surface area contributed by atoms with E-state index in [1.165, 1.54) is 24.0 Å². The van der Waals surface area contributed by atoms with Gasteiger partial charge in [0, 0.05) is 7.11 Å². The Labute approximate surface area is 147 Å². The summed E-state index contributed by atoms with van der Waals surface area (Å²) in [6, 6.07) is 4.96. The van der Waals surface area contributed by atoms with Gasteiger partial charge in [-0.15, -0.1) is 0 Å². The number of methoxy groups -OCH3 is 1. The number of anilines is 1. The number of nitrogen functional groups attached to an aromatic ring is 1. The zero-order valence-corrected chi connectivity index (χ0v) is 13.8. The second kappa shape index (κ2) is 6.85. The van der Waals surface area contributed by atoms with Gasteiger partial charge in [-0.25, -0.2) is 14.3 Å². The van der Waals surface area contributed by atoms with Gasteiger partial charge >= 0.3 is 5.97 Å². The van der Waals surface area contributed by atoms with Crippen molar-refractivity contribution in [2.24, 2.45) is 0 Å². The van der Waals surface area contributed by atoms with Crippen LogP contribution in [0.4, 0.5) is 5.82 Å². The van der Waals surface area contributed by atoms with Gasteiger partial charge in [-0.1, -0.05) is 0 Å². The van der Waals surface area contributed by atoms with Crippen LogP contribution < -0.4 is 5.73 Å². The molecule has 0 bridgehead atoms. The molecule has 0 aliphatic carbocycles. The number of esters is 1. The van der Waals surface area contributed by atoms with Gasteiger partial charge in [0.25, 0.3) is 0 Å². The topological polar surface area (TPSA) is 165 Å². The highest BCUT2D eigenvalue weighted by Crippen LogP contribution is 2.40. The van der Waals surface area contributed by atoms with E-state index in [0.717, 1.165) is 0 Å². The number of hydrogen-bond donors (Lipinski definition) is 3. The smallest absolute Gasteiger partial charge is 0.332 e. The molecule has 1 saturated heterocycles. The number of aliphatic hydroxyl groups excluding tert-OH is 2. The Morgan fingerprint density at radius 2 is 2.31 bits per heavy atom. The fourth-order valence-corrected chi connectivity index (χ4v) is 2.88. The molecule has 0 amide bonds. The highest BCUT2D eigenvalue weighted by Gasteiger charge is 2.57. The van der Waals surface area contributed by atoms with Crippen LogP contribution in [-0.2, 0) is 24.6 Å². The molecule has 11 nitrogen and oxygen atoms in total. The summed E-state index contributed by atoms with van der Waals surface area (Å²) < 4.78 is 16.5. The van der Waals surface area contributed by atoms with Crippen LogP contribution >= 0.6 is 0 Å². The summed E-state index contributed by atoms with van der Waals surface area (Å²) in [7, 11) is 1.33. The zero-order chi connectivity index (χ0) is 18.9. The third-order valence-corrected chi connectivity index (χ3v) is 4.16. The van der Waals surface area contributed by atoms with Gasteiger partial charge in [0.2, 0.25) is 5.60 Å². The van der Waals surface area contributed by atoms with Crippen LogP contribution in [0.5, 0.6) is 0 Å². The van der Waals surface area contributed by atoms with Gasteiger partial charge in [0.1, 0.15) is 49.4 Å². The number of nitrogens with two attached hydrogens (primary N) is 1. The molecule has 138 valence electrons. The molecule has 3 rings (SSSR count). The first kappa shape index (κ1) is 18.0. The molecule has 2 aromatic heterocycles. The van der Waals surface area contributed by atoms with Crippen LogP contribution in [0.25, 0.3) is 5.52 Å². The van der Waals surface area contributed by atoms with Crippen LogP contribution in [-0.4, -0.2) is 69.4 Å². The van der Waals surface area contributed by atoms with E-state index >= 15 is 0 Å². The van der Waals surface area contributed by atoms with Crippen molar-refractivity contribution in [2.75, 3.05) is 26.1 Å². The molecule has 0 unspecified atom stereocenters. The highest BCUT2D eigenvalue weighted by molar-refractivity contribution is 5.70. The van der Waals surface area contributed by atoms with Gasteiger partial charge in [0.15, 0.2) is 5.82 Å². The van der Waals surface area contributed by atoms with E-state index in [-0.39, 0.29) is 24.7 Å². The summed E-state index contributed by atoms with van der Waals surface area (Å²) in [5, 5.41) is 34.5. The Hall–Kier alpha value is -2.78. The number of nitrogens with zero attached hydrogens (tertiary/aromatic N) is 4. The summed E-state index contributed by atoms with van der Waals surface area (Å²) in [5.74, 6) is -0.488. The highest BCUT2D eigenvalue weighted by atomic mass is 16.6. The molecule has 4 atom stereocenters. The Morgan fingerprint density at radius 1 is 1.54 bits per heavy atom. The van der Waals surface area contributed by atoms with Crippen molar-refractivity contribution in [1.29, 1.82) is 5.26 Å². The van der Waals surface area contributed by atoms with Crippen molar-refractivity contribution >= 4 is 17.3 Å². The van der Waals surface area contributed by atoms with Crippen LogP contribution in [0.2, 0.25) is 0 Å². The fourth-order valence-electron chi connectivity index (χ4n) is 2.88. The molecule has 0 saturated carbocycles. The summed E-state index contributed by atoms with van der Waals surface area (Å²) in [6.45, 7) is -0.626. The maximum atomic E-state index is 11.4. The molecule has 1 aliphatic heterocycles. The number of carbonyl (C=O) groups is 1. The molecule has 3 heterocycles. The molecule has 2 aromatic rings. The predicted molar refractivity (Wildman–Crippen MR) is 84.4 cm³/mol. The largest absolute Gasteiger partial charge is 0.461 e. The lowest BCUT2D eigenvalue weighted by Crippen LogP contribution is -2.41.